The molecule has 0 N–H and O–H groups in total. The zero-order valence-electron chi connectivity index (χ0n) is 18.8. The van der Waals surface area contributed by atoms with Gasteiger partial charge in [-0.25, -0.2) is 0 Å². The van der Waals surface area contributed by atoms with Crippen LogP contribution in [0.5, 0.6) is 0 Å². The van der Waals surface area contributed by atoms with E-state index in [9.17, 15) is 0 Å². The number of hydrogen-bond acceptors (Lipinski definition) is 2. The van der Waals surface area contributed by atoms with E-state index >= 15 is 0 Å². The molecule has 0 saturated heterocycles. The van der Waals surface area contributed by atoms with Crippen molar-refractivity contribution in [1.82, 2.24) is 0 Å². The fourth-order valence-electron chi connectivity index (χ4n) is 5.12. The molecule has 2 aliphatic rings. The van der Waals surface area contributed by atoms with Crippen LogP contribution in [0.15, 0.2) is 142 Å². The van der Waals surface area contributed by atoms with Crippen LogP contribution in [0.2, 0.25) is 0 Å². The van der Waals surface area contributed by atoms with Crippen molar-refractivity contribution < 1.29 is 9.47 Å². The van der Waals surface area contributed by atoms with Gasteiger partial charge in [0.15, 0.2) is 11.2 Å². The number of hydrogen-bond donors (Lipinski definition) is 0. The lowest BCUT2D eigenvalue weighted by molar-refractivity contribution is -0.223. The zero-order chi connectivity index (χ0) is 23.9. The van der Waals surface area contributed by atoms with Crippen molar-refractivity contribution >= 4 is 31.9 Å². The normalized spacial score (nSPS) is 19.4. The zero-order valence-corrected chi connectivity index (χ0v) is 21.9. The van der Waals surface area contributed by atoms with Gasteiger partial charge in [0.1, 0.15) is 0 Å². The maximum absolute atomic E-state index is 7.08. The molecule has 0 bridgehead atoms. The van der Waals surface area contributed by atoms with E-state index in [0.29, 0.717) is 0 Å². The smallest absolute Gasteiger partial charge is 0.213 e. The first-order valence-electron chi connectivity index (χ1n) is 11.5. The highest BCUT2D eigenvalue weighted by Gasteiger charge is 2.59. The molecule has 35 heavy (non-hydrogen) atoms. The van der Waals surface area contributed by atoms with E-state index in [4.69, 9.17) is 9.47 Å². The third-order valence-corrected chi connectivity index (χ3v) is 8.25. The van der Waals surface area contributed by atoms with Crippen LogP contribution in [0.3, 0.4) is 0 Å². The number of halogens is 2. The number of ether oxygens (including phenoxy) is 2. The van der Waals surface area contributed by atoms with Gasteiger partial charge in [-0.05, 0) is 34.4 Å². The van der Waals surface area contributed by atoms with Gasteiger partial charge < -0.3 is 9.47 Å². The molecule has 0 aliphatic carbocycles. The van der Waals surface area contributed by atoms with Crippen LogP contribution < -0.4 is 0 Å². The Morgan fingerprint density at radius 2 is 0.657 bits per heavy atom. The van der Waals surface area contributed by atoms with E-state index in [1.807, 2.05) is 84.9 Å². The van der Waals surface area contributed by atoms with E-state index in [1.54, 1.807) is 0 Å². The molecule has 6 rings (SSSR count). The second kappa shape index (κ2) is 8.72. The summed E-state index contributed by atoms with van der Waals surface area (Å²) in [6, 6.07) is 41.1. The van der Waals surface area contributed by atoms with Gasteiger partial charge >= 0.3 is 0 Å². The Kier molecular flexibility index (Phi) is 5.65. The second-order valence-corrected chi connectivity index (χ2v) is 10.4. The molecule has 4 aromatic rings. The van der Waals surface area contributed by atoms with E-state index in [2.05, 4.69) is 80.4 Å². The molecule has 2 heterocycles. The van der Waals surface area contributed by atoms with E-state index < -0.39 is 17.0 Å². The summed E-state index contributed by atoms with van der Waals surface area (Å²) < 4.78 is 16.0. The molecule has 0 aromatic heterocycles. The largest absolute Gasteiger partial charge is 0.321 e. The van der Waals surface area contributed by atoms with Crippen LogP contribution in [0.25, 0.3) is 0 Å². The highest BCUT2D eigenvalue weighted by Crippen LogP contribution is 2.59. The summed E-state index contributed by atoms with van der Waals surface area (Å²) in [5.41, 5.74) is 2.39. The van der Waals surface area contributed by atoms with E-state index in [-0.39, 0.29) is 0 Å². The first-order valence-corrected chi connectivity index (χ1v) is 13.1. The van der Waals surface area contributed by atoms with Crippen molar-refractivity contribution in [3.05, 3.63) is 165 Å². The number of benzene rings is 4. The molecule has 0 fully saturated rings. The van der Waals surface area contributed by atoms with Gasteiger partial charge in [0.05, 0.1) is 0 Å². The lowest BCUT2D eigenvalue weighted by Gasteiger charge is -2.38. The van der Waals surface area contributed by atoms with Crippen LogP contribution >= 0.6 is 31.9 Å². The second-order valence-electron chi connectivity index (χ2n) is 8.74. The van der Waals surface area contributed by atoms with Crippen molar-refractivity contribution in [2.24, 2.45) is 0 Å². The maximum Gasteiger partial charge on any atom is 0.213 e. The summed E-state index contributed by atoms with van der Waals surface area (Å²) in [7, 11) is 0. The monoisotopic (exact) mass is 584 g/mol. The molecule has 0 atom stereocenters. The van der Waals surface area contributed by atoms with Crippen LogP contribution in [0, 0.1) is 0 Å². The first kappa shape index (κ1) is 22.7. The van der Waals surface area contributed by atoms with Crippen LogP contribution in [0.4, 0.5) is 0 Å². The predicted octanol–water partition coefficient (Wildman–Crippen LogP) is 8.19. The predicted molar refractivity (Wildman–Crippen MR) is 146 cm³/mol. The standard InChI is InChI=1S/C31H22Br2O2/c32-27-21-29(34-30(27,23-13-5-1-6-14-23)24-15-7-2-8-16-24)22-28(33)31(35-29,25-17-9-3-10-18-25)26-19-11-4-12-20-26/h1-22H. The van der Waals surface area contributed by atoms with Gasteiger partial charge in [0.25, 0.3) is 0 Å². The lowest BCUT2D eigenvalue weighted by Crippen LogP contribution is -2.40. The molecule has 0 saturated carbocycles. The summed E-state index contributed by atoms with van der Waals surface area (Å²) in [4.78, 5) is 0. The Morgan fingerprint density at radius 1 is 0.400 bits per heavy atom. The molecule has 172 valence electrons. The topological polar surface area (TPSA) is 18.5 Å². The van der Waals surface area contributed by atoms with Gasteiger partial charge in [0, 0.05) is 8.96 Å². The van der Waals surface area contributed by atoms with E-state index in [0.717, 1.165) is 31.2 Å². The average molecular weight is 586 g/mol. The molecular formula is C31H22Br2O2. The SMILES string of the molecule is BrC1=CC2(C=C(Br)C(c3ccccc3)(c3ccccc3)O2)OC1(c1ccccc1)c1ccccc1. The average Bonchev–Trinajstić information content (AvgIpc) is 3.38. The molecule has 0 unspecified atom stereocenters. The first-order chi connectivity index (χ1) is 17.1. The molecule has 4 aromatic carbocycles. The third kappa shape index (κ3) is 3.51. The minimum Gasteiger partial charge on any atom is -0.321 e. The van der Waals surface area contributed by atoms with E-state index in [1.165, 1.54) is 0 Å². The number of rotatable bonds is 4. The summed E-state index contributed by atoms with van der Waals surface area (Å²) in [5.74, 6) is -1.10. The van der Waals surface area contributed by atoms with Crippen LogP contribution in [-0.4, -0.2) is 5.79 Å². The fourth-order valence-corrected chi connectivity index (χ4v) is 6.84. The quantitative estimate of drug-likeness (QED) is 0.240. The minimum atomic E-state index is -1.10. The lowest BCUT2D eigenvalue weighted by atomic mass is 9.86. The molecule has 2 aliphatic heterocycles. The highest BCUT2D eigenvalue weighted by atomic mass is 79.9. The summed E-state index contributed by atoms with van der Waals surface area (Å²) in [6.07, 6.45) is 4.09. The Hall–Kier alpha value is -2.76. The van der Waals surface area contributed by atoms with Crippen molar-refractivity contribution in [2.75, 3.05) is 0 Å². The minimum absolute atomic E-state index is 0.851. The Bertz CT molecular complexity index is 1210. The summed E-state index contributed by atoms with van der Waals surface area (Å²) in [5, 5.41) is 0. The molecular weight excluding hydrogens is 564 g/mol. The maximum atomic E-state index is 7.08. The van der Waals surface area contributed by atoms with Crippen molar-refractivity contribution in [1.29, 1.82) is 0 Å². The Morgan fingerprint density at radius 3 is 0.914 bits per heavy atom. The van der Waals surface area contributed by atoms with Gasteiger partial charge in [-0.3, -0.25) is 0 Å². The van der Waals surface area contributed by atoms with Gasteiger partial charge in [-0.2, -0.15) is 0 Å². The van der Waals surface area contributed by atoms with Gasteiger partial charge in [-0.1, -0.05) is 153 Å². The van der Waals surface area contributed by atoms with Crippen LogP contribution in [-0.2, 0) is 20.7 Å². The Balaban J connectivity index is 1.53. The van der Waals surface area contributed by atoms with Crippen molar-refractivity contribution in [3.8, 4) is 0 Å². The molecule has 4 heteroatoms. The third-order valence-electron chi connectivity index (χ3n) is 6.67. The molecule has 0 radical (unpaired) electrons. The van der Waals surface area contributed by atoms with Crippen molar-refractivity contribution in [3.63, 3.8) is 0 Å². The fraction of sp³-hybridized carbons (Fsp3) is 0.0968. The molecule has 0 amide bonds. The molecule has 1 spiro atoms. The van der Waals surface area contributed by atoms with Crippen LogP contribution in [0.1, 0.15) is 22.3 Å². The summed E-state index contributed by atoms with van der Waals surface area (Å²) in [6.45, 7) is 0. The van der Waals surface area contributed by atoms with Gasteiger partial charge in [-0.15, -0.1) is 0 Å². The Labute approximate surface area is 222 Å². The van der Waals surface area contributed by atoms with Crippen molar-refractivity contribution in [2.45, 2.75) is 17.0 Å². The molecule has 2 nitrogen and oxygen atoms in total. The highest BCUT2D eigenvalue weighted by molar-refractivity contribution is 9.12. The summed E-state index contributed by atoms with van der Waals surface area (Å²) >= 11 is 7.80. The van der Waals surface area contributed by atoms with Gasteiger partial charge in [0.2, 0.25) is 5.79 Å².